The first-order chi connectivity index (χ1) is 14.9. The third-order valence-electron chi connectivity index (χ3n) is 4.63. The monoisotopic (exact) mass is 449 g/mol. The highest BCUT2D eigenvalue weighted by atomic mass is 35.5. The number of nitro benzene ring substituents is 1. The zero-order valence-corrected chi connectivity index (χ0v) is 17.9. The van der Waals surface area contributed by atoms with E-state index in [0.717, 1.165) is 32.8 Å². The van der Waals surface area contributed by atoms with Crippen LogP contribution in [0.1, 0.15) is 15.2 Å². The van der Waals surface area contributed by atoms with Crippen LogP contribution in [0.15, 0.2) is 72.8 Å². The van der Waals surface area contributed by atoms with E-state index in [2.05, 4.69) is 5.32 Å². The number of amides is 1. The summed E-state index contributed by atoms with van der Waals surface area (Å²) in [5, 5.41) is 15.1. The van der Waals surface area contributed by atoms with E-state index in [4.69, 9.17) is 16.6 Å². The van der Waals surface area contributed by atoms with Crippen molar-refractivity contribution in [2.75, 3.05) is 5.32 Å². The number of thiazole rings is 1. The molecule has 1 N–H and O–H groups in total. The number of rotatable bonds is 5. The summed E-state index contributed by atoms with van der Waals surface area (Å²) in [6, 6.07) is 21.1. The number of nitro groups is 1. The molecule has 6 nitrogen and oxygen atoms in total. The van der Waals surface area contributed by atoms with Crippen molar-refractivity contribution in [2.24, 2.45) is 0 Å². The van der Waals surface area contributed by atoms with Crippen LogP contribution < -0.4 is 5.32 Å². The maximum absolute atomic E-state index is 12.6. The summed E-state index contributed by atoms with van der Waals surface area (Å²) in [6.45, 7) is 2.02. The molecule has 3 aromatic carbocycles. The molecule has 31 heavy (non-hydrogen) atoms. The van der Waals surface area contributed by atoms with Gasteiger partial charge in [0.2, 0.25) is 0 Å². The number of aryl methyl sites for hydroxylation is 1. The third kappa shape index (κ3) is 4.47. The van der Waals surface area contributed by atoms with Crippen LogP contribution in [0.4, 0.5) is 11.4 Å². The van der Waals surface area contributed by atoms with E-state index in [9.17, 15) is 14.9 Å². The van der Waals surface area contributed by atoms with Gasteiger partial charge in [-0.25, -0.2) is 4.98 Å². The Morgan fingerprint density at radius 3 is 2.42 bits per heavy atom. The van der Waals surface area contributed by atoms with Crippen LogP contribution in [0.5, 0.6) is 0 Å². The third-order valence-corrected chi connectivity index (χ3v) is 5.89. The highest BCUT2D eigenvalue weighted by Crippen LogP contribution is 2.33. The van der Waals surface area contributed by atoms with Gasteiger partial charge in [0.05, 0.1) is 10.6 Å². The lowest BCUT2D eigenvalue weighted by atomic mass is 10.1. The van der Waals surface area contributed by atoms with E-state index in [1.807, 2.05) is 49.4 Å². The van der Waals surface area contributed by atoms with Crippen LogP contribution in [0.3, 0.4) is 0 Å². The lowest BCUT2D eigenvalue weighted by molar-refractivity contribution is -0.385. The zero-order valence-electron chi connectivity index (χ0n) is 16.3. The first-order valence-electron chi connectivity index (χ1n) is 9.31. The second-order valence-electron chi connectivity index (χ2n) is 6.74. The minimum absolute atomic E-state index is 0.0543. The molecule has 4 aromatic rings. The van der Waals surface area contributed by atoms with Crippen molar-refractivity contribution in [3.63, 3.8) is 0 Å². The number of carbonyl (C=O) groups is 1. The van der Waals surface area contributed by atoms with Gasteiger partial charge < -0.3 is 5.32 Å². The van der Waals surface area contributed by atoms with Crippen molar-refractivity contribution >= 4 is 40.2 Å². The molecule has 0 saturated carbocycles. The molecule has 8 heteroatoms. The molecule has 4 rings (SSSR count). The Balaban J connectivity index is 1.55. The molecule has 1 aromatic heterocycles. The van der Waals surface area contributed by atoms with E-state index >= 15 is 0 Å². The number of anilines is 1. The maximum atomic E-state index is 12.6. The second kappa shape index (κ2) is 8.67. The Labute approximate surface area is 187 Å². The topological polar surface area (TPSA) is 85.1 Å². The van der Waals surface area contributed by atoms with E-state index in [-0.39, 0.29) is 16.3 Å². The highest BCUT2D eigenvalue weighted by Gasteiger charge is 2.21. The fraction of sp³-hybridized carbons (Fsp3) is 0.0435. The minimum Gasteiger partial charge on any atom is -0.322 e. The number of benzene rings is 3. The van der Waals surface area contributed by atoms with E-state index < -0.39 is 10.8 Å². The minimum atomic E-state index is -0.626. The number of nitrogens with one attached hydrogen (secondary N) is 1. The number of carbonyl (C=O) groups excluding carboxylic acids is 1. The van der Waals surface area contributed by atoms with Crippen LogP contribution in [0.25, 0.3) is 21.8 Å². The Kier molecular flexibility index (Phi) is 5.79. The molecule has 0 aliphatic carbocycles. The molecule has 1 heterocycles. The van der Waals surface area contributed by atoms with Crippen LogP contribution in [0.2, 0.25) is 5.02 Å². The van der Waals surface area contributed by atoms with Gasteiger partial charge in [0, 0.05) is 32.8 Å². The van der Waals surface area contributed by atoms with Crippen molar-refractivity contribution in [3.05, 3.63) is 98.4 Å². The predicted molar refractivity (Wildman–Crippen MR) is 124 cm³/mol. The smallest absolute Gasteiger partial charge is 0.283 e. The Morgan fingerprint density at radius 2 is 1.74 bits per heavy atom. The normalized spacial score (nSPS) is 10.6. The molecule has 0 aliphatic heterocycles. The van der Waals surface area contributed by atoms with E-state index in [1.165, 1.54) is 12.1 Å². The molecular formula is C23H16ClN3O3S. The molecule has 0 atom stereocenters. The van der Waals surface area contributed by atoms with Gasteiger partial charge in [-0.1, -0.05) is 54.1 Å². The number of hydrogen-bond donors (Lipinski definition) is 1. The molecule has 0 bridgehead atoms. The fourth-order valence-electron chi connectivity index (χ4n) is 3.13. The lowest BCUT2D eigenvalue weighted by Gasteiger charge is -2.07. The summed E-state index contributed by atoms with van der Waals surface area (Å²) in [7, 11) is 0. The van der Waals surface area contributed by atoms with E-state index in [1.54, 1.807) is 23.5 Å². The van der Waals surface area contributed by atoms with Crippen LogP contribution in [-0.2, 0) is 0 Å². The van der Waals surface area contributed by atoms with Gasteiger partial charge in [-0.15, -0.1) is 11.3 Å². The summed E-state index contributed by atoms with van der Waals surface area (Å²) in [4.78, 5) is 29.0. The maximum Gasteiger partial charge on any atom is 0.283 e. The summed E-state index contributed by atoms with van der Waals surface area (Å²) in [5.41, 5.74) is 3.00. The number of halogens is 1. The van der Waals surface area contributed by atoms with Crippen molar-refractivity contribution < 1.29 is 9.72 Å². The molecule has 1 amide bonds. The molecular weight excluding hydrogens is 434 g/mol. The molecule has 0 fully saturated rings. The molecule has 0 aliphatic rings. The number of nitrogens with zero attached hydrogens (tertiary/aromatic N) is 2. The van der Waals surface area contributed by atoms with Crippen molar-refractivity contribution in [2.45, 2.75) is 6.92 Å². The Morgan fingerprint density at radius 1 is 1.03 bits per heavy atom. The average molecular weight is 450 g/mol. The fourth-order valence-corrected chi connectivity index (χ4v) is 4.23. The number of aromatic nitrogens is 1. The summed E-state index contributed by atoms with van der Waals surface area (Å²) >= 11 is 7.44. The highest BCUT2D eigenvalue weighted by molar-refractivity contribution is 7.15. The van der Waals surface area contributed by atoms with Crippen molar-refractivity contribution in [1.82, 2.24) is 4.98 Å². The van der Waals surface area contributed by atoms with Gasteiger partial charge >= 0.3 is 0 Å². The quantitative estimate of drug-likeness (QED) is 0.274. The van der Waals surface area contributed by atoms with Crippen LogP contribution >= 0.6 is 22.9 Å². The molecule has 0 unspecified atom stereocenters. The molecule has 0 radical (unpaired) electrons. The summed E-state index contributed by atoms with van der Waals surface area (Å²) in [5.74, 6) is -0.577. The van der Waals surface area contributed by atoms with Gasteiger partial charge in [-0.05, 0) is 31.2 Å². The molecule has 0 saturated heterocycles. The standard InChI is InChI=1S/C23H16ClN3O3S/c1-14-21(26-23(31-14)16-5-3-2-4-6-16)15-7-10-18(11-8-15)25-22(28)19-12-9-17(24)13-20(19)27(29)30/h2-13H,1H3,(H,25,28). The lowest BCUT2D eigenvalue weighted by Crippen LogP contribution is -2.13. The second-order valence-corrected chi connectivity index (χ2v) is 8.38. The van der Waals surface area contributed by atoms with Crippen LogP contribution in [0, 0.1) is 17.0 Å². The Bertz CT molecular complexity index is 1270. The van der Waals surface area contributed by atoms with Gasteiger partial charge in [0.1, 0.15) is 10.6 Å². The van der Waals surface area contributed by atoms with Crippen molar-refractivity contribution in [3.8, 4) is 21.8 Å². The zero-order chi connectivity index (χ0) is 22.0. The van der Waals surface area contributed by atoms with Crippen molar-refractivity contribution in [1.29, 1.82) is 0 Å². The SMILES string of the molecule is Cc1sc(-c2ccccc2)nc1-c1ccc(NC(=O)c2ccc(Cl)cc2[N+](=O)[O-])cc1. The first kappa shape index (κ1) is 20.7. The summed E-state index contributed by atoms with van der Waals surface area (Å²) < 4.78 is 0. The Hall–Kier alpha value is -3.55. The summed E-state index contributed by atoms with van der Waals surface area (Å²) in [6.07, 6.45) is 0. The predicted octanol–water partition coefficient (Wildman–Crippen LogP) is 6.60. The first-order valence-corrected chi connectivity index (χ1v) is 10.5. The number of hydrogen-bond acceptors (Lipinski definition) is 5. The molecule has 154 valence electrons. The van der Waals surface area contributed by atoms with Gasteiger partial charge in [0.25, 0.3) is 11.6 Å². The van der Waals surface area contributed by atoms with E-state index in [0.29, 0.717) is 5.69 Å². The van der Waals surface area contributed by atoms with Gasteiger partial charge in [0.15, 0.2) is 0 Å². The van der Waals surface area contributed by atoms with Crippen LogP contribution in [-0.4, -0.2) is 15.8 Å². The molecule has 0 spiro atoms. The average Bonchev–Trinajstić information content (AvgIpc) is 3.16. The van der Waals surface area contributed by atoms with Gasteiger partial charge in [-0.3, -0.25) is 14.9 Å². The van der Waals surface area contributed by atoms with Gasteiger partial charge in [-0.2, -0.15) is 0 Å². The largest absolute Gasteiger partial charge is 0.322 e.